The van der Waals surface area contributed by atoms with Gasteiger partial charge in [0.1, 0.15) is 0 Å². The van der Waals surface area contributed by atoms with Crippen molar-refractivity contribution in [1.82, 2.24) is 0 Å². The van der Waals surface area contributed by atoms with Crippen molar-refractivity contribution in [2.24, 2.45) is 0 Å². The largest absolute Gasteiger partial charge is 0.350 e. The molecule has 0 heterocycles. The fraction of sp³-hybridized carbons (Fsp3) is 1.00. The second-order valence-electron chi connectivity index (χ2n) is 1.92. The summed E-state index contributed by atoms with van der Waals surface area (Å²) in [7, 11) is 0. The van der Waals surface area contributed by atoms with E-state index in [9.17, 15) is 8.78 Å². The molecule has 0 saturated heterocycles. The quantitative estimate of drug-likeness (QED) is 0.704. The maximum absolute atomic E-state index is 12.9. The molecule has 0 fully saturated rings. The van der Waals surface area contributed by atoms with Gasteiger partial charge in [-0.3, -0.25) is 0 Å². The monoisotopic (exact) mass is 314 g/mol. The molecule has 0 spiro atoms. The zero-order valence-electron chi connectivity index (χ0n) is 5.64. The van der Waals surface area contributed by atoms with E-state index in [0.717, 1.165) is 0 Å². The van der Waals surface area contributed by atoms with Crippen LogP contribution in [0.4, 0.5) is 8.78 Å². The topological polar surface area (TPSA) is 9.23 Å². The number of halogens is 8. The average molecular weight is 317 g/mol. The van der Waals surface area contributed by atoms with E-state index in [4.69, 9.17) is 69.6 Å². The molecule has 0 bridgehead atoms. The van der Waals surface area contributed by atoms with Gasteiger partial charge in [-0.15, -0.1) is 0 Å². The zero-order chi connectivity index (χ0) is 10.9. The Morgan fingerprint density at radius 2 is 1.31 bits per heavy atom. The molecule has 1 nitrogen and oxygen atoms in total. The summed E-state index contributed by atoms with van der Waals surface area (Å²) in [5.74, 6) is 0. The van der Waals surface area contributed by atoms with Crippen LogP contribution in [0.5, 0.6) is 0 Å². The first-order valence-corrected chi connectivity index (χ1v) is 4.88. The molecule has 0 rings (SSSR count). The number of hydrogen-bond donors (Lipinski definition) is 0. The van der Waals surface area contributed by atoms with E-state index in [1.165, 1.54) is 0 Å². The van der Waals surface area contributed by atoms with Gasteiger partial charge in [0.2, 0.25) is 3.79 Å². The molecule has 9 heteroatoms. The van der Waals surface area contributed by atoms with Gasteiger partial charge < -0.3 is 4.74 Å². The first-order valence-electron chi connectivity index (χ1n) is 2.61. The third-order valence-electron chi connectivity index (χ3n) is 0.747. The Morgan fingerprint density at radius 1 is 0.923 bits per heavy atom. The van der Waals surface area contributed by atoms with Gasteiger partial charge in [-0.1, -0.05) is 58.0 Å². The lowest BCUT2D eigenvalue weighted by molar-refractivity contribution is -0.113. The van der Waals surface area contributed by atoms with Crippen LogP contribution in [0, 0.1) is 0 Å². The van der Waals surface area contributed by atoms with Gasteiger partial charge in [-0.25, -0.2) is 0 Å². The molecule has 0 aromatic carbocycles. The maximum atomic E-state index is 12.9. The molecule has 80 valence electrons. The van der Waals surface area contributed by atoms with E-state index in [1.807, 2.05) is 0 Å². The molecule has 0 N–H and O–H groups in total. The highest BCUT2D eigenvalue weighted by Crippen LogP contribution is 2.44. The van der Waals surface area contributed by atoms with Crippen molar-refractivity contribution < 1.29 is 13.5 Å². The Labute approximate surface area is 103 Å². The van der Waals surface area contributed by atoms with Crippen molar-refractivity contribution in [3.63, 3.8) is 0 Å². The third kappa shape index (κ3) is 5.88. The molecule has 0 amide bonds. The molecule has 0 aromatic rings. The van der Waals surface area contributed by atoms with Crippen LogP contribution in [-0.2, 0) is 4.74 Å². The van der Waals surface area contributed by atoms with Crippen LogP contribution in [0.3, 0.4) is 0 Å². The molecule has 13 heavy (non-hydrogen) atoms. The third-order valence-corrected chi connectivity index (χ3v) is 2.12. The lowest BCUT2D eigenvalue weighted by Crippen LogP contribution is -2.38. The van der Waals surface area contributed by atoms with E-state index in [1.54, 1.807) is 0 Å². The van der Waals surface area contributed by atoms with Crippen molar-refractivity contribution in [2.75, 3.05) is 6.61 Å². The Morgan fingerprint density at radius 3 is 1.54 bits per heavy atom. The van der Waals surface area contributed by atoms with Crippen molar-refractivity contribution in [1.29, 1.82) is 0 Å². The van der Waals surface area contributed by atoms with Gasteiger partial charge in [0, 0.05) is 0 Å². The smallest absolute Gasteiger partial charge is 0.325 e. The molecule has 0 saturated carbocycles. The van der Waals surface area contributed by atoms with Crippen LogP contribution < -0.4 is 0 Å². The van der Waals surface area contributed by atoms with E-state index >= 15 is 0 Å². The van der Waals surface area contributed by atoms with E-state index in [-0.39, 0.29) is 0 Å². The van der Waals surface area contributed by atoms with Crippen molar-refractivity contribution >= 4 is 69.6 Å². The van der Waals surface area contributed by atoms with Gasteiger partial charge in [0.25, 0.3) is 0 Å². The highest BCUT2D eigenvalue weighted by Gasteiger charge is 2.53. The summed E-state index contributed by atoms with van der Waals surface area (Å²) in [6.07, 6.45) is 0. The standard InChI is InChI=1S/C4H2Cl6F2O/c5-2(6,7)1-13-4(10,12)3(8,9)11/h1H2. The summed E-state index contributed by atoms with van der Waals surface area (Å²) in [6.45, 7) is -0.803. The summed E-state index contributed by atoms with van der Waals surface area (Å²) in [4.78, 5) is 0. The molecule has 0 radical (unpaired) electrons. The number of hydrogen-bond acceptors (Lipinski definition) is 1. The minimum Gasteiger partial charge on any atom is -0.325 e. The minimum absolute atomic E-state index is 0.803. The molecular weight excluding hydrogens is 315 g/mol. The highest BCUT2D eigenvalue weighted by molar-refractivity contribution is 6.67. The molecule has 0 aromatic heterocycles. The molecule has 0 aliphatic heterocycles. The number of alkyl halides is 8. The van der Waals surface area contributed by atoms with Crippen LogP contribution in [0.15, 0.2) is 0 Å². The van der Waals surface area contributed by atoms with Crippen molar-refractivity contribution in [2.45, 2.75) is 13.7 Å². The van der Waals surface area contributed by atoms with Crippen LogP contribution in [0.25, 0.3) is 0 Å². The number of rotatable bonds is 3. The van der Waals surface area contributed by atoms with Gasteiger partial charge >= 0.3 is 9.90 Å². The molecular formula is C4H2Cl6F2O. The average Bonchev–Trinajstić information content (AvgIpc) is 1.79. The Hall–Kier alpha value is 1.56. The second-order valence-corrected chi connectivity index (χ2v) is 6.16. The maximum Gasteiger partial charge on any atom is 0.350 e. The molecule has 0 aliphatic carbocycles. The first kappa shape index (κ1) is 14.6. The summed E-state index contributed by atoms with van der Waals surface area (Å²) >= 11 is 29.7. The minimum atomic E-state index is -3.47. The van der Waals surface area contributed by atoms with Crippen molar-refractivity contribution in [3.8, 4) is 0 Å². The van der Waals surface area contributed by atoms with Gasteiger partial charge in [-0.2, -0.15) is 8.78 Å². The van der Waals surface area contributed by atoms with Gasteiger partial charge in [0.05, 0.1) is 6.61 Å². The highest BCUT2D eigenvalue weighted by atomic mass is 35.6. The second kappa shape index (κ2) is 4.60. The normalized spacial score (nSPS) is 18.5. The zero-order valence-corrected chi connectivity index (χ0v) is 10.2. The predicted octanol–water partition coefficient (Wildman–Crippen LogP) is 4.34. The Kier molecular flexibility index (Phi) is 5.15. The summed E-state index contributed by atoms with van der Waals surface area (Å²) in [5, 5.41) is -3.47. The van der Waals surface area contributed by atoms with E-state index in [0.29, 0.717) is 0 Å². The SMILES string of the molecule is FC(Cl)(Cl)C(F)(Cl)OCC(Cl)(Cl)Cl. The van der Waals surface area contributed by atoms with Crippen LogP contribution in [0.1, 0.15) is 0 Å². The fourth-order valence-electron chi connectivity index (χ4n) is 0.254. The van der Waals surface area contributed by atoms with Crippen LogP contribution >= 0.6 is 69.6 Å². The van der Waals surface area contributed by atoms with Crippen LogP contribution in [0.2, 0.25) is 0 Å². The van der Waals surface area contributed by atoms with E-state index < -0.39 is 20.3 Å². The molecule has 1 unspecified atom stereocenters. The summed E-state index contributed by atoms with van der Waals surface area (Å²) in [5.41, 5.74) is 0. The van der Waals surface area contributed by atoms with Gasteiger partial charge in [0.15, 0.2) is 0 Å². The van der Waals surface area contributed by atoms with E-state index in [2.05, 4.69) is 4.74 Å². The first-order chi connectivity index (χ1) is 5.46. The predicted molar refractivity (Wildman–Crippen MR) is 51.5 cm³/mol. The summed E-state index contributed by atoms with van der Waals surface area (Å²) in [6, 6.07) is 0. The molecule has 0 aliphatic rings. The van der Waals surface area contributed by atoms with Gasteiger partial charge in [-0.05, 0) is 11.6 Å². The lowest BCUT2D eigenvalue weighted by Gasteiger charge is -2.25. The lowest BCUT2D eigenvalue weighted by atomic mass is 10.7. The Balaban J connectivity index is 4.21. The summed E-state index contributed by atoms with van der Waals surface area (Å²) < 4.78 is 24.0. The molecule has 1 atom stereocenters. The number of ether oxygens (including phenoxy) is 1. The van der Waals surface area contributed by atoms with Crippen LogP contribution in [-0.4, -0.2) is 20.3 Å². The fourth-order valence-corrected chi connectivity index (χ4v) is 0.582. The Bertz CT molecular complexity index is 172. The van der Waals surface area contributed by atoms with Crippen molar-refractivity contribution in [3.05, 3.63) is 0 Å².